The fraction of sp³-hybridized carbons (Fsp3) is 0.833. The molecule has 0 aromatic heterocycles. The fourth-order valence-electron chi connectivity index (χ4n) is 3.72. The maximum absolute atomic E-state index is 11.9. The van der Waals surface area contributed by atoms with Gasteiger partial charge in [0, 0.05) is 18.2 Å². The van der Waals surface area contributed by atoms with Gasteiger partial charge in [-0.15, -0.1) is 0 Å². The van der Waals surface area contributed by atoms with Crippen molar-refractivity contribution in [2.24, 2.45) is 10.7 Å². The van der Waals surface area contributed by atoms with E-state index in [1.165, 1.54) is 70.6 Å². The van der Waals surface area contributed by atoms with Crippen molar-refractivity contribution in [2.45, 2.75) is 129 Å². The maximum Gasteiger partial charge on any atom is 0.245 e. The number of carbonyl (C=O) groups is 1. The van der Waals surface area contributed by atoms with E-state index in [2.05, 4.69) is 24.1 Å². The predicted molar refractivity (Wildman–Crippen MR) is 118 cm³/mol. The van der Waals surface area contributed by atoms with Crippen molar-refractivity contribution in [1.82, 2.24) is 0 Å². The summed E-state index contributed by atoms with van der Waals surface area (Å²) in [5.74, 6) is 0.0348. The van der Waals surface area contributed by atoms with Gasteiger partial charge in [0.25, 0.3) is 0 Å². The Hall–Kier alpha value is -0.960. The lowest BCUT2D eigenvalue weighted by atomic mass is 9.94. The molecule has 1 fully saturated rings. The zero-order chi connectivity index (χ0) is 19.6. The third-order valence-electron chi connectivity index (χ3n) is 5.55. The summed E-state index contributed by atoms with van der Waals surface area (Å²) in [6.45, 7) is 2.27. The van der Waals surface area contributed by atoms with Crippen LogP contribution in [0, 0.1) is 0 Å². The Labute approximate surface area is 168 Å². The van der Waals surface area contributed by atoms with Gasteiger partial charge in [-0.05, 0) is 51.4 Å². The van der Waals surface area contributed by atoms with E-state index in [1.54, 1.807) is 0 Å². The second-order valence-corrected chi connectivity index (χ2v) is 8.18. The molecule has 1 unspecified atom stereocenters. The topological polar surface area (TPSA) is 55.5 Å². The van der Waals surface area contributed by atoms with Crippen LogP contribution in [0.3, 0.4) is 0 Å². The molecule has 0 aromatic rings. The first kappa shape index (κ1) is 24.1. The van der Waals surface area contributed by atoms with Crippen LogP contribution in [0.2, 0.25) is 0 Å². The van der Waals surface area contributed by atoms with Crippen molar-refractivity contribution in [3.63, 3.8) is 0 Å². The molecule has 0 heterocycles. The highest BCUT2D eigenvalue weighted by atomic mass is 16.1. The summed E-state index contributed by atoms with van der Waals surface area (Å²) in [4.78, 5) is 16.2. The molecular formula is C24H44N2O. The molecule has 27 heavy (non-hydrogen) atoms. The summed E-state index contributed by atoms with van der Waals surface area (Å²) in [5, 5.41) is 0. The van der Waals surface area contributed by atoms with E-state index >= 15 is 0 Å². The Bertz CT molecular complexity index is 428. The van der Waals surface area contributed by atoms with Gasteiger partial charge in [0.2, 0.25) is 5.91 Å². The molecule has 0 bridgehead atoms. The van der Waals surface area contributed by atoms with Crippen molar-refractivity contribution in [3.8, 4) is 0 Å². The largest absolute Gasteiger partial charge is 0.323 e. The monoisotopic (exact) mass is 376 g/mol. The molecule has 3 heteroatoms. The van der Waals surface area contributed by atoms with E-state index in [9.17, 15) is 4.79 Å². The van der Waals surface area contributed by atoms with Crippen LogP contribution in [0.5, 0.6) is 0 Å². The standard InChI is InChI=1S/C24H44N2O/c1-2-3-4-5-6-7-8-9-10-11-12-13-14-15-16-21-24(27)26-23-20-18-17-19-22(23)25/h11-12,22H,2-10,13-21,25H2,1H3/b12-11+,26-23+. The van der Waals surface area contributed by atoms with E-state index in [1.807, 2.05) is 0 Å². The number of hydrogen-bond donors (Lipinski definition) is 1. The fourth-order valence-corrected chi connectivity index (χ4v) is 3.72. The summed E-state index contributed by atoms with van der Waals surface area (Å²) < 4.78 is 0. The van der Waals surface area contributed by atoms with Crippen LogP contribution in [0.25, 0.3) is 0 Å². The van der Waals surface area contributed by atoms with Gasteiger partial charge in [-0.25, -0.2) is 4.99 Å². The normalized spacial score (nSPS) is 19.2. The van der Waals surface area contributed by atoms with Gasteiger partial charge in [0.05, 0.1) is 0 Å². The summed E-state index contributed by atoms with van der Waals surface area (Å²) in [7, 11) is 0. The number of carbonyl (C=O) groups excluding carboxylic acids is 1. The van der Waals surface area contributed by atoms with Crippen LogP contribution in [0.15, 0.2) is 17.1 Å². The van der Waals surface area contributed by atoms with Crippen molar-refractivity contribution >= 4 is 11.6 Å². The number of aliphatic imine (C=N–C) groups is 1. The minimum absolute atomic E-state index is 0.0221. The Morgan fingerprint density at radius 1 is 0.926 bits per heavy atom. The number of amides is 1. The summed E-state index contributed by atoms with van der Waals surface area (Å²) in [5.41, 5.74) is 6.96. The molecule has 3 nitrogen and oxygen atoms in total. The number of hydrogen-bond acceptors (Lipinski definition) is 2. The van der Waals surface area contributed by atoms with Crippen LogP contribution >= 0.6 is 0 Å². The van der Waals surface area contributed by atoms with Gasteiger partial charge >= 0.3 is 0 Å². The van der Waals surface area contributed by atoms with Gasteiger partial charge in [-0.2, -0.15) is 0 Å². The second kappa shape index (κ2) is 17.2. The quantitative estimate of drug-likeness (QED) is 0.250. The second-order valence-electron chi connectivity index (χ2n) is 8.18. The lowest BCUT2D eigenvalue weighted by Crippen LogP contribution is -2.34. The molecule has 1 aliphatic carbocycles. The van der Waals surface area contributed by atoms with Crippen LogP contribution in [-0.2, 0) is 4.79 Å². The summed E-state index contributed by atoms with van der Waals surface area (Å²) in [6.07, 6.45) is 26.2. The van der Waals surface area contributed by atoms with E-state index in [0.29, 0.717) is 6.42 Å². The number of rotatable bonds is 15. The average Bonchev–Trinajstić information content (AvgIpc) is 2.66. The Morgan fingerprint density at radius 2 is 1.52 bits per heavy atom. The Morgan fingerprint density at radius 3 is 2.15 bits per heavy atom. The average molecular weight is 377 g/mol. The third-order valence-corrected chi connectivity index (χ3v) is 5.55. The molecule has 0 aliphatic heterocycles. The molecule has 0 aromatic carbocycles. The van der Waals surface area contributed by atoms with Gasteiger partial charge in [0.15, 0.2) is 0 Å². The van der Waals surface area contributed by atoms with Gasteiger partial charge < -0.3 is 5.73 Å². The maximum atomic E-state index is 11.9. The van der Waals surface area contributed by atoms with Crippen LogP contribution in [0.4, 0.5) is 0 Å². The Balaban J connectivity index is 1.88. The van der Waals surface area contributed by atoms with Crippen LogP contribution in [0.1, 0.15) is 122 Å². The van der Waals surface area contributed by atoms with Crippen molar-refractivity contribution in [1.29, 1.82) is 0 Å². The van der Waals surface area contributed by atoms with E-state index in [4.69, 9.17) is 5.73 Å². The molecular weight excluding hydrogens is 332 g/mol. The lowest BCUT2D eigenvalue weighted by molar-refractivity contribution is -0.117. The number of unbranched alkanes of at least 4 members (excludes halogenated alkanes) is 11. The van der Waals surface area contributed by atoms with E-state index < -0.39 is 0 Å². The van der Waals surface area contributed by atoms with Gasteiger partial charge in [-0.1, -0.05) is 76.9 Å². The molecule has 0 radical (unpaired) electrons. The molecule has 1 aliphatic rings. The smallest absolute Gasteiger partial charge is 0.245 e. The number of nitrogens with zero attached hydrogens (tertiary/aromatic N) is 1. The lowest BCUT2D eigenvalue weighted by Gasteiger charge is -2.19. The zero-order valence-electron chi connectivity index (χ0n) is 17.9. The van der Waals surface area contributed by atoms with Crippen molar-refractivity contribution in [2.75, 3.05) is 0 Å². The van der Waals surface area contributed by atoms with E-state index in [-0.39, 0.29) is 11.9 Å². The SMILES string of the molecule is CCCCCCCCCC/C=C/CCCCCC(=O)/N=C1\CCCCC1N. The summed E-state index contributed by atoms with van der Waals surface area (Å²) in [6, 6.07) is 0.0221. The van der Waals surface area contributed by atoms with Crippen LogP contribution in [-0.4, -0.2) is 17.7 Å². The highest BCUT2D eigenvalue weighted by Gasteiger charge is 2.17. The minimum atomic E-state index is 0.0221. The molecule has 0 spiro atoms. The van der Waals surface area contributed by atoms with Crippen molar-refractivity contribution in [3.05, 3.63) is 12.2 Å². The first-order valence-electron chi connectivity index (χ1n) is 11.7. The van der Waals surface area contributed by atoms with E-state index in [0.717, 1.165) is 44.2 Å². The zero-order valence-corrected chi connectivity index (χ0v) is 17.9. The molecule has 156 valence electrons. The first-order valence-corrected chi connectivity index (χ1v) is 11.7. The highest BCUT2D eigenvalue weighted by molar-refractivity contribution is 5.99. The van der Waals surface area contributed by atoms with Gasteiger partial charge in [-0.3, -0.25) is 4.79 Å². The highest BCUT2D eigenvalue weighted by Crippen LogP contribution is 2.15. The third kappa shape index (κ3) is 13.8. The number of nitrogens with two attached hydrogens (primary N) is 1. The molecule has 1 rings (SSSR count). The van der Waals surface area contributed by atoms with Gasteiger partial charge in [0.1, 0.15) is 0 Å². The molecule has 1 atom stereocenters. The predicted octanol–water partition coefficient (Wildman–Crippen LogP) is 6.89. The van der Waals surface area contributed by atoms with Crippen LogP contribution < -0.4 is 5.73 Å². The van der Waals surface area contributed by atoms with Crippen molar-refractivity contribution < 1.29 is 4.79 Å². The summed E-state index contributed by atoms with van der Waals surface area (Å²) >= 11 is 0. The minimum Gasteiger partial charge on any atom is -0.323 e. The Kier molecular flexibility index (Phi) is 15.3. The molecule has 0 saturated heterocycles. The molecule has 1 saturated carbocycles. The number of allylic oxidation sites excluding steroid dienone is 2. The first-order chi connectivity index (χ1) is 13.2. The molecule has 1 amide bonds. The molecule has 2 N–H and O–H groups in total.